The summed E-state index contributed by atoms with van der Waals surface area (Å²) in [6.07, 6.45) is 2.31. The number of aliphatic carboxylic acids is 1. The van der Waals surface area contributed by atoms with Crippen molar-refractivity contribution in [2.24, 2.45) is 0 Å². The summed E-state index contributed by atoms with van der Waals surface area (Å²) in [4.78, 5) is 15.8. The van der Waals surface area contributed by atoms with Crippen molar-refractivity contribution in [2.75, 3.05) is 19.7 Å². The van der Waals surface area contributed by atoms with Crippen LogP contribution in [0.5, 0.6) is 0 Å². The van der Waals surface area contributed by atoms with Gasteiger partial charge in [0.2, 0.25) is 0 Å². The molecule has 4 nitrogen and oxygen atoms in total. The van der Waals surface area contributed by atoms with Crippen molar-refractivity contribution < 1.29 is 14.7 Å². The molecule has 0 rings (SSSR count). The normalized spacial score (nSPS) is 12.1. The molecular weight excluding hydrogens is 182 g/mol. The van der Waals surface area contributed by atoms with Crippen LogP contribution in [0.3, 0.4) is 0 Å². The van der Waals surface area contributed by atoms with Crippen molar-refractivity contribution in [2.45, 2.75) is 27.2 Å². The van der Waals surface area contributed by atoms with Gasteiger partial charge in [-0.15, -0.1) is 0 Å². The highest BCUT2D eigenvalue weighted by Gasteiger charge is 2.00. The smallest absolute Gasteiger partial charge is 0.330 e. The predicted molar refractivity (Wildman–Crippen MR) is 54.9 cm³/mol. The molecule has 0 aromatic rings. The van der Waals surface area contributed by atoms with Gasteiger partial charge < -0.3 is 5.11 Å². The van der Waals surface area contributed by atoms with Crippen molar-refractivity contribution in [3.63, 3.8) is 0 Å². The molecule has 0 aliphatic heterocycles. The summed E-state index contributed by atoms with van der Waals surface area (Å²) in [6, 6.07) is 0. The average Bonchev–Trinajstić information content (AvgIpc) is 2.17. The third kappa shape index (κ3) is 5.72. The van der Waals surface area contributed by atoms with Crippen molar-refractivity contribution in [1.29, 1.82) is 0 Å². The highest BCUT2D eigenvalue weighted by atomic mass is 16.7. The molecule has 0 aromatic heterocycles. The van der Waals surface area contributed by atoms with Crippen LogP contribution in [0.15, 0.2) is 11.6 Å². The Kier molecular flexibility index (Phi) is 7.06. The zero-order valence-electron chi connectivity index (χ0n) is 9.12. The molecule has 1 N–H and O–H groups in total. The summed E-state index contributed by atoms with van der Waals surface area (Å²) in [6.45, 7) is 7.84. The van der Waals surface area contributed by atoms with E-state index in [1.807, 2.05) is 18.9 Å². The van der Waals surface area contributed by atoms with Gasteiger partial charge in [0.05, 0.1) is 6.61 Å². The molecule has 0 bridgehead atoms. The highest BCUT2D eigenvalue weighted by molar-refractivity contribution is 5.85. The summed E-state index contributed by atoms with van der Waals surface area (Å²) in [5, 5.41) is 10.4. The maximum absolute atomic E-state index is 10.4. The SMILES string of the molecule is CCN(CC)OCCC=C(C)C(=O)O. The lowest BCUT2D eigenvalue weighted by Gasteiger charge is -2.16. The fourth-order valence-electron chi connectivity index (χ4n) is 0.951. The van der Waals surface area contributed by atoms with Crippen LogP contribution >= 0.6 is 0 Å². The van der Waals surface area contributed by atoms with Gasteiger partial charge in [-0.1, -0.05) is 19.9 Å². The minimum absolute atomic E-state index is 0.369. The van der Waals surface area contributed by atoms with Crippen LogP contribution in [0.1, 0.15) is 27.2 Å². The Hall–Kier alpha value is -0.870. The summed E-state index contributed by atoms with van der Waals surface area (Å²) in [7, 11) is 0. The van der Waals surface area contributed by atoms with Gasteiger partial charge in [0, 0.05) is 18.7 Å². The number of rotatable bonds is 7. The van der Waals surface area contributed by atoms with E-state index in [1.54, 1.807) is 13.0 Å². The number of carboxylic acid groups (broad SMARTS) is 1. The van der Waals surface area contributed by atoms with Crippen molar-refractivity contribution in [1.82, 2.24) is 5.06 Å². The van der Waals surface area contributed by atoms with Crippen LogP contribution in [-0.2, 0) is 9.63 Å². The predicted octanol–water partition coefficient (Wildman–Crippen LogP) is 1.68. The number of hydrogen-bond acceptors (Lipinski definition) is 3. The van der Waals surface area contributed by atoms with E-state index in [2.05, 4.69) is 0 Å². The van der Waals surface area contributed by atoms with Gasteiger partial charge >= 0.3 is 5.97 Å². The summed E-state index contributed by atoms with van der Waals surface area (Å²) < 4.78 is 0. The first-order valence-corrected chi connectivity index (χ1v) is 4.89. The van der Waals surface area contributed by atoms with Crippen molar-refractivity contribution in [3.8, 4) is 0 Å². The Bertz CT molecular complexity index is 198. The molecule has 0 heterocycles. The van der Waals surface area contributed by atoms with Crippen LogP contribution in [0.2, 0.25) is 0 Å². The van der Waals surface area contributed by atoms with Gasteiger partial charge in [-0.05, 0) is 13.3 Å². The molecule has 14 heavy (non-hydrogen) atoms. The van der Waals surface area contributed by atoms with E-state index in [1.165, 1.54) is 0 Å². The van der Waals surface area contributed by atoms with Gasteiger partial charge in [0.15, 0.2) is 0 Å². The summed E-state index contributed by atoms with van der Waals surface area (Å²) in [5.74, 6) is -0.868. The zero-order chi connectivity index (χ0) is 11.0. The van der Waals surface area contributed by atoms with E-state index < -0.39 is 5.97 Å². The molecule has 0 spiro atoms. The van der Waals surface area contributed by atoms with Gasteiger partial charge in [0.25, 0.3) is 0 Å². The monoisotopic (exact) mass is 201 g/mol. The summed E-state index contributed by atoms with van der Waals surface area (Å²) in [5.41, 5.74) is 0.369. The molecule has 0 saturated heterocycles. The Morgan fingerprint density at radius 2 is 2.00 bits per heavy atom. The van der Waals surface area contributed by atoms with Gasteiger partial charge in [-0.25, -0.2) is 4.79 Å². The molecule has 82 valence electrons. The van der Waals surface area contributed by atoms with E-state index in [0.717, 1.165) is 13.1 Å². The quantitative estimate of drug-likeness (QED) is 0.387. The van der Waals surface area contributed by atoms with E-state index in [0.29, 0.717) is 18.6 Å². The molecule has 0 radical (unpaired) electrons. The second kappa shape index (κ2) is 7.53. The summed E-state index contributed by atoms with van der Waals surface area (Å²) >= 11 is 0. The first-order chi connectivity index (χ1) is 6.61. The second-order valence-corrected chi connectivity index (χ2v) is 2.93. The highest BCUT2D eigenvalue weighted by Crippen LogP contribution is 1.97. The van der Waals surface area contributed by atoms with Crippen molar-refractivity contribution in [3.05, 3.63) is 11.6 Å². The van der Waals surface area contributed by atoms with Gasteiger partial charge in [0.1, 0.15) is 0 Å². The standard InChI is InChI=1S/C10H19NO3/c1-4-11(5-2)14-8-6-7-9(3)10(12)13/h7H,4-6,8H2,1-3H3,(H,12,13). The molecular formula is C10H19NO3. The Morgan fingerprint density at radius 3 is 2.43 bits per heavy atom. The molecule has 0 aliphatic carbocycles. The lowest BCUT2D eigenvalue weighted by molar-refractivity contribution is -0.151. The molecule has 0 aliphatic rings. The van der Waals surface area contributed by atoms with Crippen LogP contribution in [-0.4, -0.2) is 35.8 Å². The Balaban J connectivity index is 3.64. The largest absolute Gasteiger partial charge is 0.478 e. The molecule has 0 fully saturated rings. The van der Waals surface area contributed by atoms with Crippen LogP contribution < -0.4 is 0 Å². The molecule has 0 saturated carbocycles. The van der Waals surface area contributed by atoms with Gasteiger partial charge in [-0.3, -0.25) is 4.84 Å². The molecule has 0 amide bonds. The fourth-order valence-corrected chi connectivity index (χ4v) is 0.951. The number of nitrogens with zero attached hydrogens (tertiary/aromatic N) is 1. The lowest BCUT2D eigenvalue weighted by atomic mass is 10.2. The Labute approximate surface area is 85.1 Å². The molecule has 0 atom stereocenters. The van der Waals surface area contributed by atoms with E-state index in [-0.39, 0.29) is 0 Å². The number of hydrogen-bond donors (Lipinski definition) is 1. The second-order valence-electron chi connectivity index (χ2n) is 2.93. The minimum atomic E-state index is -0.868. The van der Waals surface area contributed by atoms with Crippen molar-refractivity contribution >= 4 is 5.97 Å². The van der Waals surface area contributed by atoms with E-state index >= 15 is 0 Å². The number of carbonyl (C=O) groups is 1. The van der Waals surface area contributed by atoms with Crippen LogP contribution in [0, 0.1) is 0 Å². The fraction of sp³-hybridized carbons (Fsp3) is 0.700. The Morgan fingerprint density at radius 1 is 1.43 bits per heavy atom. The van der Waals surface area contributed by atoms with Gasteiger partial charge in [-0.2, -0.15) is 5.06 Å². The first-order valence-electron chi connectivity index (χ1n) is 4.89. The topological polar surface area (TPSA) is 49.8 Å². The van der Waals surface area contributed by atoms with E-state index in [9.17, 15) is 4.79 Å². The van der Waals surface area contributed by atoms with Crippen LogP contribution in [0.25, 0.3) is 0 Å². The molecule has 0 unspecified atom stereocenters. The molecule has 0 aromatic carbocycles. The zero-order valence-corrected chi connectivity index (χ0v) is 9.12. The minimum Gasteiger partial charge on any atom is -0.478 e. The average molecular weight is 201 g/mol. The third-order valence-electron chi connectivity index (χ3n) is 1.88. The molecule has 4 heteroatoms. The number of carboxylic acids is 1. The maximum Gasteiger partial charge on any atom is 0.330 e. The van der Waals surface area contributed by atoms with Crippen LogP contribution in [0.4, 0.5) is 0 Å². The maximum atomic E-state index is 10.4. The number of hydroxylamine groups is 2. The van der Waals surface area contributed by atoms with E-state index in [4.69, 9.17) is 9.94 Å². The first kappa shape index (κ1) is 13.1. The lowest BCUT2D eigenvalue weighted by Crippen LogP contribution is -2.23. The third-order valence-corrected chi connectivity index (χ3v) is 1.88.